The molecule has 2 N–H and O–H groups in total. The lowest BCUT2D eigenvalue weighted by Crippen LogP contribution is -2.45. The van der Waals surface area contributed by atoms with E-state index < -0.39 is 12.0 Å². The molecular formula is C24H29N3O4. The number of hydrogen-bond acceptors (Lipinski definition) is 5. The predicted octanol–water partition coefficient (Wildman–Crippen LogP) is 2.98. The number of aromatic nitrogens is 1. The van der Waals surface area contributed by atoms with Crippen molar-refractivity contribution in [3.63, 3.8) is 0 Å². The van der Waals surface area contributed by atoms with Crippen LogP contribution in [0.25, 0.3) is 0 Å². The Morgan fingerprint density at radius 3 is 2.48 bits per heavy atom. The summed E-state index contributed by atoms with van der Waals surface area (Å²) in [5, 5.41) is 5.91. The van der Waals surface area contributed by atoms with Crippen LogP contribution in [0.5, 0.6) is 0 Å². The van der Waals surface area contributed by atoms with Crippen molar-refractivity contribution in [1.29, 1.82) is 0 Å². The van der Waals surface area contributed by atoms with Crippen LogP contribution in [0.15, 0.2) is 30.6 Å². The Morgan fingerprint density at radius 2 is 1.84 bits per heavy atom. The van der Waals surface area contributed by atoms with E-state index in [1.807, 2.05) is 6.07 Å². The van der Waals surface area contributed by atoms with E-state index in [0.717, 1.165) is 49.8 Å². The summed E-state index contributed by atoms with van der Waals surface area (Å²) in [4.78, 5) is 29.7. The van der Waals surface area contributed by atoms with Gasteiger partial charge in [-0.15, -0.1) is 0 Å². The number of urea groups is 1. The molecule has 7 nitrogen and oxygen atoms in total. The van der Waals surface area contributed by atoms with E-state index in [2.05, 4.69) is 21.7 Å². The molecule has 0 fully saturated rings. The fraction of sp³-hybridized carbons (Fsp3) is 0.458. The average Bonchev–Trinajstić information content (AvgIpc) is 3.43. The van der Waals surface area contributed by atoms with Crippen LogP contribution in [0.3, 0.4) is 0 Å². The van der Waals surface area contributed by atoms with Gasteiger partial charge in [-0.05, 0) is 72.4 Å². The topological polar surface area (TPSA) is 89.6 Å². The number of amides is 2. The molecule has 2 aromatic rings. The van der Waals surface area contributed by atoms with Gasteiger partial charge in [0.05, 0.1) is 6.61 Å². The number of benzene rings is 1. The lowest BCUT2D eigenvalue weighted by molar-refractivity contribution is -0.147. The SMILES string of the molecule is COCCOC(=O)C(Cc1cccnc1)NC(=O)Nc1c2c(cc3c1CCC3)CCC2. The first-order valence-electron chi connectivity index (χ1n) is 10.9. The standard InChI is InChI=1S/C24H29N3O4/c1-30-11-12-31-23(28)21(13-16-5-4-10-25-15-16)26-24(29)27-22-19-8-2-6-17(19)14-18-7-3-9-20(18)22/h4-5,10,14-15,21H,2-3,6-9,11-13H2,1H3,(H2,26,27,29). The molecule has 2 aliphatic carbocycles. The van der Waals surface area contributed by atoms with Crippen molar-refractivity contribution < 1.29 is 19.1 Å². The molecule has 2 aliphatic rings. The molecule has 0 radical (unpaired) electrons. The molecule has 31 heavy (non-hydrogen) atoms. The normalized spacial score (nSPS) is 15.1. The summed E-state index contributed by atoms with van der Waals surface area (Å²) in [5.41, 5.74) is 7.00. The van der Waals surface area contributed by atoms with Crippen molar-refractivity contribution in [3.8, 4) is 0 Å². The first-order chi connectivity index (χ1) is 15.2. The average molecular weight is 424 g/mol. The molecule has 1 heterocycles. The molecule has 0 aliphatic heterocycles. The van der Waals surface area contributed by atoms with Gasteiger partial charge in [0.15, 0.2) is 0 Å². The number of anilines is 1. The van der Waals surface area contributed by atoms with E-state index in [-0.39, 0.29) is 12.6 Å². The van der Waals surface area contributed by atoms with Crippen LogP contribution >= 0.6 is 0 Å². The van der Waals surface area contributed by atoms with E-state index in [1.54, 1.807) is 25.6 Å². The number of ether oxygens (including phenoxy) is 2. The number of methoxy groups -OCH3 is 1. The van der Waals surface area contributed by atoms with Gasteiger partial charge in [-0.25, -0.2) is 9.59 Å². The van der Waals surface area contributed by atoms with Crippen LogP contribution in [-0.2, 0) is 46.4 Å². The van der Waals surface area contributed by atoms with Crippen molar-refractivity contribution in [2.75, 3.05) is 25.6 Å². The second-order valence-electron chi connectivity index (χ2n) is 8.11. The second-order valence-corrected chi connectivity index (χ2v) is 8.11. The Bertz CT molecular complexity index is 913. The number of pyridine rings is 1. The van der Waals surface area contributed by atoms with Crippen LogP contribution in [0.4, 0.5) is 10.5 Å². The van der Waals surface area contributed by atoms with E-state index >= 15 is 0 Å². The third kappa shape index (κ3) is 5.05. The summed E-state index contributed by atoms with van der Waals surface area (Å²) in [6.45, 7) is 0.446. The number of nitrogens with one attached hydrogen (secondary N) is 2. The quantitative estimate of drug-likeness (QED) is 0.503. The van der Waals surface area contributed by atoms with Crippen molar-refractivity contribution in [1.82, 2.24) is 10.3 Å². The Hall–Kier alpha value is -2.93. The summed E-state index contributed by atoms with van der Waals surface area (Å²) in [6.07, 6.45) is 9.99. The maximum atomic E-state index is 13.0. The van der Waals surface area contributed by atoms with Crippen LogP contribution in [0.1, 0.15) is 40.7 Å². The third-order valence-corrected chi connectivity index (χ3v) is 6.00. The smallest absolute Gasteiger partial charge is 0.329 e. The van der Waals surface area contributed by atoms with Crippen molar-refractivity contribution >= 4 is 17.7 Å². The molecule has 1 unspecified atom stereocenters. The minimum Gasteiger partial charge on any atom is -0.462 e. The van der Waals surface area contributed by atoms with Crippen molar-refractivity contribution in [2.24, 2.45) is 0 Å². The van der Waals surface area contributed by atoms with Gasteiger partial charge >= 0.3 is 12.0 Å². The van der Waals surface area contributed by atoms with Crippen LogP contribution in [0.2, 0.25) is 0 Å². The monoisotopic (exact) mass is 423 g/mol. The molecule has 7 heteroatoms. The van der Waals surface area contributed by atoms with Gasteiger partial charge in [0, 0.05) is 31.6 Å². The summed E-state index contributed by atoms with van der Waals surface area (Å²) in [7, 11) is 1.55. The molecular weight excluding hydrogens is 394 g/mol. The second kappa shape index (κ2) is 9.92. The van der Waals surface area contributed by atoms with Gasteiger partial charge < -0.3 is 20.1 Å². The molecule has 0 bridgehead atoms. The number of esters is 1. The highest BCUT2D eigenvalue weighted by molar-refractivity contribution is 5.94. The minimum absolute atomic E-state index is 0.141. The van der Waals surface area contributed by atoms with Crippen molar-refractivity contribution in [3.05, 3.63) is 58.4 Å². The number of rotatable bonds is 8. The van der Waals surface area contributed by atoms with E-state index in [0.29, 0.717) is 13.0 Å². The molecule has 0 saturated heterocycles. The molecule has 2 amide bonds. The van der Waals surface area contributed by atoms with Crippen molar-refractivity contribution in [2.45, 2.75) is 51.0 Å². The maximum Gasteiger partial charge on any atom is 0.329 e. The molecule has 1 aromatic heterocycles. The van der Waals surface area contributed by atoms with Gasteiger partial charge in [0.2, 0.25) is 0 Å². The molecule has 4 rings (SSSR count). The Kier molecular flexibility index (Phi) is 6.82. The summed E-state index contributed by atoms with van der Waals surface area (Å²) >= 11 is 0. The first kappa shape index (κ1) is 21.3. The summed E-state index contributed by atoms with van der Waals surface area (Å²) < 4.78 is 10.2. The molecule has 1 atom stereocenters. The zero-order valence-corrected chi connectivity index (χ0v) is 17.9. The molecule has 164 valence electrons. The number of carbonyl (C=O) groups is 2. The lowest BCUT2D eigenvalue weighted by Gasteiger charge is -2.20. The third-order valence-electron chi connectivity index (χ3n) is 6.00. The molecule has 1 aromatic carbocycles. The van der Waals surface area contributed by atoms with Gasteiger partial charge in [0.1, 0.15) is 12.6 Å². The predicted molar refractivity (Wildman–Crippen MR) is 117 cm³/mol. The minimum atomic E-state index is -0.814. The fourth-order valence-corrected chi connectivity index (χ4v) is 4.55. The first-order valence-corrected chi connectivity index (χ1v) is 10.9. The maximum absolute atomic E-state index is 13.0. The van der Waals surface area contributed by atoms with Crippen LogP contribution in [0, 0.1) is 0 Å². The molecule has 0 spiro atoms. The Labute approximate surface area is 182 Å². The fourth-order valence-electron chi connectivity index (χ4n) is 4.55. The van der Waals surface area contributed by atoms with Crippen LogP contribution in [-0.4, -0.2) is 43.3 Å². The zero-order chi connectivity index (χ0) is 21.6. The van der Waals surface area contributed by atoms with E-state index in [9.17, 15) is 9.59 Å². The van der Waals surface area contributed by atoms with Gasteiger partial charge in [-0.2, -0.15) is 0 Å². The van der Waals surface area contributed by atoms with E-state index in [1.165, 1.54) is 22.3 Å². The number of aryl methyl sites for hydroxylation is 2. The number of nitrogens with zero attached hydrogens (tertiary/aromatic N) is 1. The van der Waals surface area contributed by atoms with Gasteiger partial charge in [-0.3, -0.25) is 4.98 Å². The Morgan fingerprint density at radius 1 is 1.10 bits per heavy atom. The largest absolute Gasteiger partial charge is 0.462 e. The number of hydrogen-bond donors (Lipinski definition) is 2. The molecule has 0 saturated carbocycles. The Balaban J connectivity index is 1.49. The number of fused-ring (bicyclic) bond motifs is 2. The van der Waals surface area contributed by atoms with Gasteiger partial charge in [-0.1, -0.05) is 12.1 Å². The number of carbonyl (C=O) groups excluding carboxylic acids is 2. The summed E-state index contributed by atoms with van der Waals surface area (Å²) in [6, 6.07) is 4.81. The highest BCUT2D eigenvalue weighted by atomic mass is 16.6. The van der Waals surface area contributed by atoms with Crippen LogP contribution < -0.4 is 10.6 Å². The highest BCUT2D eigenvalue weighted by Gasteiger charge is 2.27. The zero-order valence-electron chi connectivity index (χ0n) is 17.9. The lowest BCUT2D eigenvalue weighted by atomic mass is 9.99. The highest BCUT2D eigenvalue weighted by Crippen LogP contribution is 2.38. The summed E-state index contributed by atoms with van der Waals surface area (Å²) in [5.74, 6) is -0.487. The van der Waals surface area contributed by atoms with E-state index in [4.69, 9.17) is 9.47 Å². The van der Waals surface area contributed by atoms with Gasteiger partial charge in [0.25, 0.3) is 0 Å².